The maximum absolute atomic E-state index is 11.3. The molecule has 17 heavy (non-hydrogen) atoms. The summed E-state index contributed by atoms with van der Waals surface area (Å²) in [6, 6.07) is 0. The third-order valence-corrected chi connectivity index (χ3v) is 2.18. The molecular formula is C11H18O6. The van der Waals surface area contributed by atoms with Crippen molar-refractivity contribution in [3.63, 3.8) is 0 Å². The maximum Gasteiger partial charge on any atom is 0.321 e. The molecule has 0 radical (unpaired) electrons. The van der Waals surface area contributed by atoms with Crippen LogP contribution < -0.4 is 0 Å². The summed E-state index contributed by atoms with van der Waals surface area (Å²) in [5.74, 6) is -2.39. The summed E-state index contributed by atoms with van der Waals surface area (Å²) in [4.78, 5) is 32.7. The van der Waals surface area contributed by atoms with E-state index in [0.717, 1.165) is 0 Å². The minimum atomic E-state index is -1.10. The molecule has 0 fully saturated rings. The second-order valence-corrected chi connectivity index (χ2v) is 4.40. The number of aliphatic hydroxyl groups excluding tert-OH is 1. The van der Waals surface area contributed by atoms with Crippen LogP contribution in [0.5, 0.6) is 0 Å². The highest BCUT2D eigenvalue weighted by Gasteiger charge is 2.30. The Morgan fingerprint density at radius 3 is 2.12 bits per heavy atom. The van der Waals surface area contributed by atoms with E-state index >= 15 is 0 Å². The maximum atomic E-state index is 11.3. The fourth-order valence-corrected chi connectivity index (χ4v) is 0.903. The molecule has 0 rings (SSSR count). The van der Waals surface area contributed by atoms with E-state index in [1.165, 1.54) is 13.8 Å². The van der Waals surface area contributed by atoms with Crippen molar-refractivity contribution in [3.05, 3.63) is 0 Å². The van der Waals surface area contributed by atoms with Crippen LogP contribution >= 0.6 is 0 Å². The molecule has 0 spiro atoms. The molecule has 0 amide bonds. The van der Waals surface area contributed by atoms with Gasteiger partial charge in [0.15, 0.2) is 0 Å². The first-order valence-electron chi connectivity index (χ1n) is 5.37. The van der Waals surface area contributed by atoms with Crippen molar-refractivity contribution in [2.75, 3.05) is 6.61 Å². The molecule has 6 nitrogen and oxygen atoms in total. The van der Waals surface area contributed by atoms with Gasteiger partial charge in [-0.25, -0.2) is 0 Å². The highest BCUT2D eigenvalue weighted by atomic mass is 16.6. The molecule has 0 aromatic rings. The van der Waals surface area contributed by atoms with Crippen LogP contribution in [0.4, 0.5) is 0 Å². The lowest BCUT2D eigenvalue weighted by molar-refractivity contribution is -0.167. The summed E-state index contributed by atoms with van der Waals surface area (Å²) in [5.41, 5.74) is -1.10. The van der Waals surface area contributed by atoms with E-state index in [9.17, 15) is 14.4 Å². The average Bonchev–Trinajstić information content (AvgIpc) is 2.24. The van der Waals surface area contributed by atoms with E-state index in [0.29, 0.717) is 12.8 Å². The molecule has 0 aliphatic rings. The Balaban J connectivity index is 3.87. The van der Waals surface area contributed by atoms with E-state index in [1.807, 2.05) is 0 Å². The van der Waals surface area contributed by atoms with Crippen LogP contribution in [0.25, 0.3) is 0 Å². The van der Waals surface area contributed by atoms with Gasteiger partial charge in [0.2, 0.25) is 0 Å². The van der Waals surface area contributed by atoms with E-state index in [-0.39, 0.29) is 12.8 Å². The Labute approximate surface area is 99.6 Å². The minimum Gasteiger partial charge on any atom is -0.481 e. The van der Waals surface area contributed by atoms with Gasteiger partial charge in [-0.2, -0.15) is 0 Å². The lowest BCUT2D eigenvalue weighted by atomic mass is 9.95. The first-order valence-corrected chi connectivity index (χ1v) is 5.37. The lowest BCUT2D eigenvalue weighted by Crippen LogP contribution is -2.32. The third kappa shape index (κ3) is 6.68. The van der Waals surface area contributed by atoms with Gasteiger partial charge in [0, 0.05) is 12.8 Å². The molecule has 0 unspecified atom stereocenters. The summed E-state index contributed by atoms with van der Waals surface area (Å²) in [6.45, 7) is 2.53. The molecule has 0 aliphatic carbocycles. The number of hydrogen-bond acceptors (Lipinski definition) is 5. The quantitative estimate of drug-likeness (QED) is 0.390. The first-order chi connectivity index (χ1) is 7.79. The Morgan fingerprint density at radius 1 is 1.12 bits per heavy atom. The van der Waals surface area contributed by atoms with Crippen molar-refractivity contribution < 1.29 is 29.3 Å². The molecule has 98 valence electrons. The van der Waals surface area contributed by atoms with Gasteiger partial charge in [-0.05, 0) is 26.7 Å². The molecule has 0 aliphatic heterocycles. The van der Waals surface area contributed by atoms with Crippen molar-refractivity contribution in [2.45, 2.75) is 39.5 Å². The second kappa shape index (κ2) is 7.01. The van der Waals surface area contributed by atoms with Gasteiger partial charge in [0.25, 0.3) is 0 Å². The van der Waals surface area contributed by atoms with Crippen LogP contribution in [0.3, 0.4) is 0 Å². The van der Waals surface area contributed by atoms with Gasteiger partial charge in [0.1, 0.15) is 0 Å². The zero-order valence-electron chi connectivity index (χ0n) is 10.1. The van der Waals surface area contributed by atoms with Crippen molar-refractivity contribution in [3.8, 4) is 0 Å². The molecule has 0 saturated carbocycles. The van der Waals surface area contributed by atoms with Crippen LogP contribution in [-0.4, -0.2) is 34.7 Å². The fraction of sp³-hybridized carbons (Fsp3) is 0.727. The summed E-state index contributed by atoms with van der Waals surface area (Å²) in [6.07, 6.45) is 0.712. The monoisotopic (exact) mass is 246 g/mol. The number of carboxylic acids is 1. The molecule has 2 N–H and O–H groups in total. The Kier molecular flexibility index (Phi) is 6.42. The number of carboxylic acid groups (broad SMARTS) is 1. The fourth-order valence-electron chi connectivity index (χ4n) is 0.903. The summed E-state index contributed by atoms with van der Waals surface area (Å²) in [7, 11) is 0. The van der Waals surface area contributed by atoms with E-state index in [1.54, 1.807) is 0 Å². The summed E-state index contributed by atoms with van der Waals surface area (Å²) in [5, 5.41) is 17.2. The largest absolute Gasteiger partial charge is 0.481 e. The smallest absolute Gasteiger partial charge is 0.321 e. The molecule has 0 saturated heterocycles. The first kappa shape index (κ1) is 15.6. The Bertz CT molecular complexity index is 294. The van der Waals surface area contributed by atoms with Crippen molar-refractivity contribution in [1.29, 1.82) is 0 Å². The summed E-state index contributed by atoms with van der Waals surface area (Å²) < 4.78 is 4.53. The third-order valence-electron chi connectivity index (χ3n) is 2.18. The number of aliphatic hydroxyl groups is 1. The molecule has 0 aromatic heterocycles. The Hall–Kier alpha value is -1.43. The number of carbonyl (C=O) groups is 3. The van der Waals surface area contributed by atoms with Gasteiger partial charge < -0.3 is 14.9 Å². The predicted octanol–water partition coefficient (Wildman–Crippen LogP) is 0.720. The highest BCUT2D eigenvalue weighted by molar-refractivity contribution is 5.88. The van der Waals surface area contributed by atoms with Crippen LogP contribution in [0.15, 0.2) is 0 Å². The van der Waals surface area contributed by atoms with Crippen molar-refractivity contribution in [1.82, 2.24) is 0 Å². The zero-order valence-corrected chi connectivity index (χ0v) is 10.1. The van der Waals surface area contributed by atoms with Crippen LogP contribution in [-0.2, 0) is 19.1 Å². The normalized spacial score (nSPS) is 11.0. The molecule has 0 atom stereocenters. The van der Waals surface area contributed by atoms with E-state index in [2.05, 4.69) is 4.74 Å². The zero-order chi connectivity index (χ0) is 13.5. The van der Waals surface area contributed by atoms with Gasteiger partial charge in [0.05, 0.1) is 12.0 Å². The van der Waals surface area contributed by atoms with Crippen molar-refractivity contribution in [2.24, 2.45) is 5.41 Å². The summed E-state index contributed by atoms with van der Waals surface area (Å²) >= 11 is 0. The minimum absolute atomic E-state index is 0.000524. The SMILES string of the molecule is CC(C)(CO)C(=O)OC(=O)CCCCC(=O)O. The number of aliphatic carboxylic acids is 1. The lowest BCUT2D eigenvalue weighted by Gasteiger charge is -2.18. The van der Waals surface area contributed by atoms with Crippen molar-refractivity contribution >= 4 is 17.9 Å². The second-order valence-electron chi connectivity index (χ2n) is 4.40. The number of hydrogen-bond donors (Lipinski definition) is 2. The number of rotatable bonds is 7. The number of esters is 2. The van der Waals surface area contributed by atoms with Gasteiger partial charge in [-0.3, -0.25) is 14.4 Å². The number of ether oxygens (including phenoxy) is 1. The predicted molar refractivity (Wildman–Crippen MR) is 58.1 cm³/mol. The number of carbonyl (C=O) groups excluding carboxylic acids is 2. The van der Waals surface area contributed by atoms with Gasteiger partial charge in [-0.15, -0.1) is 0 Å². The highest BCUT2D eigenvalue weighted by Crippen LogP contribution is 2.16. The topological polar surface area (TPSA) is 101 Å². The molecule has 0 heterocycles. The van der Waals surface area contributed by atoms with Gasteiger partial charge in [-0.1, -0.05) is 0 Å². The molecule has 0 bridgehead atoms. The average molecular weight is 246 g/mol. The van der Waals surface area contributed by atoms with Crippen LogP contribution in [0.2, 0.25) is 0 Å². The van der Waals surface area contributed by atoms with E-state index < -0.39 is 29.9 Å². The van der Waals surface area contributed by atoms with E-state index in [4.69, 9.17) is 10.2 Å². The molecular weight excluding hydrogens is 228 g/mol. The standard InChI is InChI=1S/C11H18O6/c1-11(2,7-12)10(16)17-9(15)6-4-3-5-8(13)14/h12H,3-7H2,1-2H3,(H,13,14). The van der Waals surface area contributed by atoms with Crippen LogP contribution in [0.1, 0.15) is 39.5 Å². The van der Waals surface area contributed by atoms with Gasteiger partial charge >= 0.3 is 17.9 Å². The Morgan fingerprint density at radius 2 is 1.65 bits per heavy atom. The molecule has 6 heteroatoms. The molecule has 0 aromatic carbocycles. The number of unbranched alkanes of at least 4 members (excludes halogenated alkanes) is 1. The van der Waals surface area contributed by atoms with Crippen LogP contribution in [0, 0.1) is 5.41 Å².